The fourth-order valence-corrected chi connectivity index (χ4v) is 3.36. The monoisotopic (exact) mass is 452 g/mol. The van der Waals surface area contributed by atoms with Crippen LogP contribution in [0.15, 0.2) is 36.4 Å². The summed E-state index contributed by atoms with van der Waals surface area (Å²) in [4.78, 5) is 13.1. The van der Waals surface area contributed by atoms with Crippen molar-refractivity contribution in [3.63, 3.8) is 0 Å². The average Bonchev–Trinajstić information content (AvgIpc) is 3.13. The van der Waals surface area contributed by atoms with Crippen LogP contribution in [0.4, 0.5) is 5.69 Å². The molecule has 0 aliphatic heterocycles. The highest BCUT2D eigenvalue weighted by Crippen LogP contribution is 2.31. The molecule has 0 saturated carbocycles. The number of rotatable bonds is 7. The summed E-state index contributed by atoms with van der Waals surface area (Å²) in [6, 6.07) is 11.1. The first-order valence-electron chi connectivity index (χ1n) is 10.8. The molecule has 8 heteroatoms. The van der Waals surface area contributed by atoms with Crippen molar-refractivity contribution in [3.05, 3.63) is 53.3 Å². The predicted octanol–water partition coefficient (Wildman–Crippen LogP) is 4.93. The van der Waals surface area contributed by atoms with E-state index in [2.05, 4.69) is 36.4 Å². The lowest BCUT2D eigenvalue weighted by atomic mass is 9.86. The molecule has 0 aliphatic carbocycles. The zero-order chi connectivity index (χ0) is 24.3. The second-order valence-corrected chi connectivity index (χ2v) is 9.09. The molecule has 1 aromatic heterocycles. The third-order valence-corrected chi connectivity index (χ3v) is 5.13. The first kappa shape index (κ1) is 24.1. The summed E-state index contributed by atoms with van der Waals surface area (Å²) >= 11 is 0. The highest BCUT2D eigenvalue weighted by Gasteiger charge is 2.22. The molecule has 0 aliphatic rings. The number of hydrogen-bond donors (Lipinski definition) is 1. The number of carbonyl (C=O) groups is 1. The summed E-state index contributed by atoms with van der Waals surface area (Å²) in [7, 11) is 3.16. The molecule has 0 bridgehead atoms. The molecule has 0 unspecified atom stereocenters. The Morgan fingerprint density at radius 1 is 1.03 bits per heavy atom. The van der Waals surface area contributed by atoms with Crippen LogP contribution in [0, 0.1) is 6.92 Å². The van der Waals surface area contributed by atoms with Crippen LogP contribution in [0.25, 0.3) is 5.69 Å². The van der Waals surface area contributed by atoms with E-state index in [4.69, 9.17) is 14.2 Å². The van der Waals surface area contributed by atoms with Crippen LogP contribution < -0.4 is 19.5 Å². The predicted molar refractivity (Wildman–Crippen MR) is 128 cm³/mol. The van der Waals surface area contributed by atoms with Crippen molar-refractivity contribution in [3.8, 4) is 22.9 Å². The molecular weight excluding hydrogens is 420 g/mol. The number of methoxy groups -OCH3 is 2. The lowest BCUT2D eigenvalue weighted by Crippen LogP contribution is -2.17. The first-order valence-corrected chi connectivity index (χ1v) is 10.8. The molecule has 0 saturated heterocycles. The maximum absolute atomic E-state index is 13.1. The Balaban J connectivity index is 1.95. The summed E-state index contributed by atoms with van der Waals surface area (Å²) in [5.41, 5.74) is 2.99. The molecular formula is C25H32N4O4. The Hall–Kier alpha value is -3.55. The van der Waals surface area contributed by atoms with Gasteiger partial charge in [-0.3, -0.25) is 4.79 Å². The van der Waals surface area contributed by atoms with Gasteiger partial charge in [-0.25, -0.2) is 4.68 Å². The molecule has 33 heavy (non-hydrogen) atoms. The average molecular weight is 453 g/mol. The van der Waals surface area contributed by atoms with Crippen LogP contribution in [0.5, 0.6) is 17.2 Å². The maximum Gasteiger partial charge on any atom is 0.278 e. The molecule has 0 atom stereocenters. The van der Waals surface area contributed by atoms with Gasteiger partial charge in [0.05, 0.1) is 26.0 Å². The van der Waals surface area contributed by atoms with Crippen molar-refractivity contribution in [2.75, 3.05) is 19.5 Å². The van der Waals surface area contributed by atoms with E-state index in [0.29, 0.717) is 34.3 Å². The molecule has 1 amide bonds. The Labute approximate surface area is 194 Å². The Morgan fingerprint density at radius 3 is 2.36 bits per heavy atom. The molecule has 0 radical (unpaired) electrons. The van der Waals surface area contributed by atoms with Crippen molar-refractivity contribution in [2.45, 2.75) is 53.1 Å². The van der Waals surface area contributed by atoms with Crippen LogP contribution in [0.1, 0.15) is 56.4 Å². The second-order valence-electron chi connectivity index (χ2n) is 9.09. The van der Waals surface area contributed by atoms with E-state index in [1.165, 1.54) is 0 Å². The van der Waals surface area contributed by atoms with Gasteiger partial charge in [0.15, 0.2) is 5.69 Å². The summed E-state index contributed by atoms with van der Waals surface area (Å²) in [6.45, 7) is 12.1. The van der Waals surface area contributed by atoms with E-state index in [-0.39, 0.29) is 23.1 Å². The SMILES string of the molecule is COc1ccc(OC)c(-n2nnc(C(=O)Nc3cc(OC(C)C)cc(C(C)(C)C)c3)c2C)c1. The molecule has 176 valence electrons. The van der Waals surface area contributed by atoms with Crippen molar-refractivity contribution in [2.24, 2.45) is 0 Å². The molecule has 8 nitrogen and oxygen atoms in total. The number of anilines is 1. The zero-order valence-electron chi connectivity index (χ0n) is 20.5. The third kappa shape index (κ3) is 5.45. The number of amides is 1. The minimum Gasteiger partial charge on any atom is -0.497 e. The van der Waals surface area contributed by atoms with Gasteiger partial charge in [-0.05, 0) is 56.0 Å². The Morgan fingerprint density at radius 2 is 1.76 bits per heavy atom. The number of ether oxygens (including phenoxy) is 3. The van der Waals surface area contributed by atoms with E-state index in [9.17, 15) is 4.79 Å². The summed E-state index contributed by atoms with van der Waals surface area (Å²) in [6.07, 6.45) is 0.0174. The van der Waals surface area contributed by atoms with Crippen LogP contribution in [-0.4, -0.2) is 41.2 Å². The maximum atomic E-state index is 13.1. The van der Waals surface area contributed by atoms with Gasteiger partial charge in [0.25, 0.3) is 5.91 Å². The first-order chi connectivity index (χ1) is 15.5. The van der Waals surface area contributed by atoms with Gasteiger partial charge in [0.1, 0.15) is 22.9 Å². The lowest BCUT2D eigenvalue weighted by Gasteiger charge is -2.22. The van der Waals surface area contributed by atoms with E-state index in [1.807, 2.05) is 32.0 Å². The largest absolute Gasteiger partial charge is 0.497 e. The van der Waals surface area contributed by atoms with Crippen molar-refractivity contribution in [1.82, 2.24) is 15.0 Å². The molecule has 0 fully saturated rings. The standard InChI is InChI=1S/C25H32N4O4/c1-15(2)33-20-12-17(25(4,5)6)11-18(13-20)26-24(30)23-16(3)29(28-27-23)21-14-19(31-7)9-10-22(21)32-8/h9-15H,1-8H3,(H,26,30). The lowest BCUT2D eigenvalue weighted by molar-refractivity contribution is 0.102. The van der Waals surface area contributed by atoms with E-state index in [1.54, 1.807) is 44.0 Å². The fraction of sp³-hybridized carbons (Fsp3) is 0.400. The van der Waals surface area contributed by atoms with Gasteiger partial charge < -0.3 is 19.5 Å². The van der Waals surface area contributed by atoms with Crippen LogP contribution in [-0.2, 0) is 5.41 Å². The number of carbonyl (C=O) groups excluding carboxylic acids is 1. The van der Waals surface area contributed by atoms with E-state index in [0.717, 1.165) is 5.56 Å². The molecule has 1 N–H and O–H groups in total. The van der Waals surface area contributed by atoms with Crippen LogP contribution in [0.2, 0.25) is 0 Å². The van der Waals surface area contributed by atoms with Crippen molar-refractivity contribution in [1.29, 1.82) is 0 Å². The summed E-state index contributed by atoms with van der Waals surface area (Å²) < 4.78 is 18.2. The van der Waals surface area contributed by atoms with Crippen LogP contribution in [0.3, 0.4) is 0 Å². The quantitative estimate of drug-likeness (QED) is 0.547. The topological polar surface area (TPSA) is 87.5 Å². The summed E-state index contributed by atoms with van der Waals surface area (Å²) in [5, 5.41) is 11.3. The van der Waals surface area contributed by atoms with E-state index < -0.39 is 0 Å². The second kappa shape index (κ2) is 9.52. The van der Waals surface area contributed by atoms with Crippen LogP contribution >= 0.6 is 0 Å². The van der Waals surface area contributed by atoms with Gasteiger partial charge in [-0.1, -0.05) is 26.0 Å². The number of hydrogen-bond acceptors (Lipinski definition) is 6. The number of nitrogens with one attached hydrogen (secondary N) is 1. The van der Waals surface area contributed by atoms with Crippen molar-refractivity contribution < 1.29 is 19.0 Å². The minimum absolute atomic E-state index is 0.0174. The number of aromatic nitrogens is 3. The van der Waals surface area contributed by atoms with Gasteiger partial charge in [-0.2, -0.15) is 0 Å². The highest BCUT2D eigenvalue weighted by molar-refractivity contribution is 6.03. The normalized spacial score (nSPS) is 11.4. The van der Waals surface area contributed by atoms with Gasteiger partial charge in [0, 0.05) is 17.8 Å². The fourth-order valence-electron chi connectivity index (χ4n) is 3.36. The zero-order valence-corrected chi connectivity index (χ0v) is 20.5. The molecule has 3 rings (SSSR count). The summed E-state index contributed by atoms with van der Waals surface area (Å²) in [5.74, 6) is 1.57. The Bertz CT molecular complexity index is 1150. The smallest absolute Gasteiger partial charge is 0.278 e. The highest BCUT2D eigenvalue weighted by atomic mass is 16.5. The van der Waals surface area contributed by atoms with Gasteiger partial charge >= 0.3 is 0 Å². The molecule has 3 aromatic rings. The molecule has 1 heterocycles. The van der Waals surface area contributed by atoms with Gasteiger partial charge in [-0.15, -0.1) is 5.10 Å². The third-order valence-electron chi connectivity index (χ3n) is 5.13. The number of benzene rings is 2. The molecule has 0 spiro atoms. The van der Waals surface area contributed by atoms with Crippen molar-refractivity contribution >= 4 is 11.6 Å². The van der Waals surface area contributed by atoms with Gasteiger partial charge in [0.2, 0.25) is 0 Å². The van der Waals surface area contributed by atoms with E-state index >= 15 is 0 Å². The molecule has 2 aromatic carbocycles. The minimum atomic E-state index is -0.359. The number of nitrogens with zero attached hydrogens (tertiary/aromatic N) is 3. The Kier molecular flexibility index (Phi) is 6.95.